The molecule has 2 aromatic carbocycles. The third kappa shape index (κ3) is 4.07. The minimum absolute atomic E-state index is 0.0588. The molecule has 1 heterocycles. The second kappa shape index (κ2) is 7.50. The van der Waals surface area contributed by atoms with Gasteiger partial charge in [0.25, 0.3) is 10.0 Å². The average molecular weight is 357 g/mol. The summed E-state index contributed by atoms with van der Waals surface area (Å²) in [5, 5.41) is 13.4. The summed E-state index contributed by atoms with van der Waals surface area (Å²) in [6, 6.07) is 19.4. The molecule has 0 fully saturated rings. The Morgan fingerprint density at radius 1 is 1.00 bits per heavy atom. The first-order valence-corrected chi connectivity index (χ1v) is 9.41. The van der Waals surface area contributed by atoms with E-state index < -0.39 is 10.0 Å². The molecule has 0 atom stereocenters. The first-order chi connectivity index (χ1) is 12.1. The Morgan fingerprint density at radius 3 is 2.28 bits per heavy atom. The van der Waals surface area contributed by atoms with Crippen molar-refractivity contribution in [2.24, 2.45) is 0 Å². The summed E-state index contributed by atoms with van der Waals surface area (Å²) in [6.07, 6.45) is 1.13. The molecule has 0 saturated carbocycles. The largest absolute Gasteiger partial charge is 0.396 e. The molecule has 7 heteroatoms. The smallest absolute Gasteiger partial charge is 0.276 e. The minimum atomic E-state index is -3.75. The van der Waals surface area contributed by atoms with Crippen LogP contribution < -0.4 is 4.83 Å². The molecule has 0 aliphatic heterocycles. The van der Waals surface area contributed by atoms with Gasteiger partial charge in [-0.3, -0.25) is 0 Å². The molecular formula is C18H19N3O3S. The Hall–Kier alpha value is -2.64. The van der Waals surface area contributed by atoms with Crippen molar-refractivity contribution < 1.29 is 13.5 Å². The van der Waals surface area contributed by atoms with E-state index in [0.29, 0.717) is 24.2 Å². The van der Waals surface area contributed by atoms with E-state index in [-0.39, 0.29) is 11.5 Å². The zero-order chi connectivity index (χ0) is 17.7. The van der Waals surface area contributed by atoms with Crippen LogP contribution in [0.2, 0.25) is 0 Å². The lowest BCUT2D eigenvalue weighted by Crippen LogP contribution is -2.25. The Balaban J connectivity index is 1.98. The van der Waals surface area contributed by atoms with Crippen molar-refractivity contribution in [1.82, 2.24) is 9.89 Å². The van der Waals surface area contributed by atoms with Gasteiger partial charge in [0, 0.05) is 12.2 Å². The van der Waals surface area contributed by atoms with Crippen LogP contribution >= 0.6 is 0 Å². The molecule has 1 aromatic heterocycles. The van der Waals surface area contributed by atoms with E-state index in [1.165, 1.54) is 16.9 Å². The standard InChI is InChI=1S/C18H19N3O3S/c22-13-7-10-16-14-18(15-8-3-1-4-9-15)21(19-16)20-25(23,24)17-11-5-2-6-12-17/h1-6,8-9,11-12,14,20,22H,7,10,13H2. The maximum atomic E-state index is 12.6. The fourth-order valence-electron chi connectivity index (χ4n) is 2.46. The molecule has 130 valence electrons. The summed E-state index contributed by atoms with van der Waals surface area (Å²) in [5.74, 6) is 0. The molecule has 3 rings (SSSR count). The van der Waals surface area contributed by atoms with Gasteiger partial charge in [-0.15, -0.1) is 0 Å². The number of benzene rings is 2. The van der Waals surface area contributed by atoms with E-state index in [0.717, 1.165) is 5.56 Å². The number of aliphatic hydroxyl groups excluding tert-OH is 1. The van der Waals surface area contributed by atoms with Crippen LogP contribution in [-0.2, 0) is 16.4 Å². The van der Waals surface area contributed by atoms with Crippen molar-refractivity contribution in [2.75, 3.05) is 11.4 Å². The van der Waals surface area contributed by atoms with Crippen molar-refractivity contribution in [3.63, 3.8) is 0 Å². The third-order valence-electron chi connectivity index (χ3n) is 3.68. The van der Waals surface area contributed by atoms with Gasteiger partial charge in [0.15, 0.2) is 0 Å². The fraction of sp³-hybridized carbons (Fsp3) is 0.167. The normalized spacial score (nSPS) is 11.4. The van der Waals surface area contributed by atoms with Gasteiger partial charge in [-0.2, -0.15) is 23.1 Å². The number of nitrogens with one attached hydrogen (secondary N) is 1. The highest BCUT2D eigenvalue weighted by Gasteiger charge is 2.18. The van der Waals surface area contributed by atoms with E-state index in [4.69, 9.17) is 5.11 Å². The average Bonchev–Trinajstić information content (AvgIpc) is 3.03. The topological polar surface area (TPSA) is 84.2 Å². The van der Waals surface area contributed by atoms with Gasteiger partial charge in [-0.1, -0.05) is 48.5 Å². The molecule has 0 bridgehead atoms. The number of hydrogen-bond donors (Lipinski definition) is 2. The highest BCUT2D eigenvalue weighted by molar-refractivity contribution is 7.92. The molecule has 0 saturated heterocycles. The molecule has 6 nitrogen and oxygen atoms in total. The van der Waals surface area contributed by atoms with Crippen LogP contribution in [0.3, 0.4) is 0 Å². The van der Waals surface area contributed by atoms with Crippen LogP contribution in [0.4, 0.5) is 0 Å². The van der Waals surface area contributed by atoms with Crippen LogP contribution in [-0.4, -0.2) is 30.0 Å². The SMILES string of the molecule is O=S(=O)(Nn1nc(CCCO)cc1-c1ccccc1)c1ccccc1. The van der Waals surface area contributed by atoms with Gasteiger partial charge in [-0.25, -0.2) is 0 Å². The predicted octanol–water partition coefficient (Wildman–Crippen LogP) is 2.41. The van der Waals surface area contributed by atoms with Gasteiger partial charge < -0.3 is 5.11 Å². The van der Waals surface area contributed by atoms with Crippen LogP contribution in [0.25, 0.3) is 11.3 Å². The quantitative estimate of drug-likeness (QED) is 0.680. The molecule has 2 N–H and O–H groups in total. The first-order valence-electron chi connectivity index (χ1n) is 7.93. The number of aryl methyl sites for hydroxylation is 1. The summed E-state index contributed by atoms with van der Waals surface area (Å²) < 4.78 is 25.2. The number of aliphatic hydroxyl groups is 1. The highest BCUT2D eigenvalue weighted by Crippen LogP contribution is 2.21. The molecular weight excluding hydrogens is 338 g/mol. The van der Waals surface area contributed by atoms with E-state index in [9.17, 15) is 8.42 Å². The van der Waals surface area contributed by atoms with E-state index in [2.05, 4.69) is 9.93 Å². The summed E-state index contributed by atoms with van der Waals surface area (Å²) in [7, 11) is -3.75. The van der Waals surface area contributed by atoms with E-state index in [1.54, 1.807) is 18.2 Å². The Morgan fingerprint density at radius 2 is 1.64 bits per heavy atom. The van der Waals surface area contributed by atoms with Crippen molar-refractivity contribution in [2.45, 2.75) is 17.7 Å². The van der Waals surface area contributed by atoms with Crippen LogP contribution in [0.5, 0.6) is 0 Å². The lowest BCUT2D eigenvalue weighted by atomic mass is 10.1. The molecule has 0 radical (unpaired) electrons. The van der Waals surface area contributed by atoms with E-state index >= 15 is 0 Å². The number of sulfonamides is 1. The lowest BCUT2D eigenvalue weighted by molar-refractivity contribution is 0.288. The molecule has 25 heavy (non-hydrogen) atoms. The predicted molar refractivity (Wildman–Crippen MR) is 96.1 cm³/mol. The van der Waals surface area contributed by atoms with Crippen molar-refractivity contribution in [3.05, 3.63) is 72.4 Å². The second-order valence-electron chi connectivity index (χ2n) is 5.53. The van der Waals surface area contributed by atoms with Crippen LogP contribution in [0, 0.1) is 0 Å². The van der Waals surface area contributed by atoms with Crippen molar-refractivity contribution >= 4 is 10.0 Å². The summed E-state index contributed by atoms with van der Waals surface area (Å²) >= 11 is 0. The number of rotatable bonds is 7. The van der Waals surface area contributed by atoms with Crippen LogP contribution in [0.15, 0.2) is 71.6 Å². The molecule has 0 unspecified atom stereocenters. The zero-order valence-electron chi connectivity index (χ0n) is 13.5. The molecule has 0 amide bonds. The third-order valence-corrected chi connectivity index (χ3v) is 4.99. The number of nitrogens with zero attached hydrogens (tertiary/aromatic N) is 2. The maximum absolute atomic E-state index is 12.6. The zero-order valence-corrected chi connectivity index (χ0v) is 14.4. The maximum Gasteiger partial charge on any atom is 0.276 e. The fourth-order valence-corrected chi connectivity index (χ4v) is 3.45. The van der Waals surface area contributed by atoms with Gasteiger partial charge >= 0.3 is 0 Å². The summed E-state index contributed by atoms with van der Waals surface area (Å²) in [6.45, 7) is 0.0588. The van der Waals surface area contributed by atoms with Crippen molar-refractivity contribution in [1.29, 1.82) is 0 Å². The van der Waals surface area contributed by atoms with Gasteiger partial charge in [0.05, 0.1) is 16.3 Å². The molecule has 0 spiro atoms. The lowest BCUT2D eigenvalue weighted by Gasteiger charge is -2.11. The minimum Gasteiger partial charge on any atom is -0.396 e. The Kier molecular flexibility index (Phi) is 5.16. The Labute approximate surface area is 146 Å². The number of aromatic nitrogens is 2. The molecule has 0 aliphatic carbocycles. The first kappa shape index (κ1) is 17.2. The number of hydrogen-bond acceptors (Lipinski definition) is 4. The van der Waals surface area contributed by atoms with Gasteiger partial charge in [0.2, 0.25) is 0 Å². The monoisotopic (exact) mass is 357 g/mol. The Bertz CT molecular complexity index is 923. The summed E-state index contributed by atoms with van der Waals surface area (Å²) in [5.41, 5.74) is 2.21. The molecule has 0 aliphatic rings. The second-order valence-corrected chi connectivity index (χ2v) is 7.19. The van der Waals surface area contributed by atoms with Crippen LogP contribution in [0.1, 0.15) is 12.1 Å². The summed E-state index contributed by atoms with van der Waals surface area (Å²) in [4.78, 5) is 3.96. The van der Waals surface area contributed by atoms with E-state index in [1.807, 2.05) is 36.4 Å². The highest BCUT2D eigenvalue weighted by atomic mass is 32.2. The van der Waals surface area contributed by atoms with Crippen molar-refractivity contribution in [3.8, 4) is 11.3 Å². The van der Waals surface area contributed by atoms with Gasteiger partial charge in [0.1, 0.15) is 0 Å². The molecule has 3 aromatic rings. The van der Waals surface area contributed by atoms with Gasteiger partial charge in [-0.05, 0) is 31.0 Å².